The maximum Gasteiger partial charge on any atom is 0.246 e. The van der Waals surface area contributed by atoms with Crippen LogP contribution in [0.4, 0.5) is 0 Å². The third-order valence-corrected chi connectivity index (χ3v) is 5.01. The van der Waals surface area contributed by atoms with Crippen molar-refractivity contribution in [3.8, 4) is 0 Å². The van der Waals surface area contributed by atoms with Gasteiger partial charge < -0.3 is 9.80 Å². The molecule has 2 saturated heterocycles. The number of hydrogen-bond donors (Lipinski definition) is 0. The molecular formula is C20H31N3O2. The maximum atomic E-state index is 12.6. The molecule has 2 unspecified atom stereocenters. The summed E-state index contributed by atoms with van der Waals surface area (Å²) in [6.07, 6.45) is 8.76. The van der Waals surface area contributed by atoms with Crippen LogP contribution in [0.15, 0.2) is 36.2 Å². The second-order valence-electron chi connectivity index (χ2n) is 7.11. The van der Waals surface area contributed by atoms with Crippen molar-refractivity contribution in [1.29, 1.82) is 0 Å². The zero-order valence-electron chi connectivity index (χ0n) is 16.0. The number of ketones is 1. The summed E-state index contributed by atoms with van der Waals surface area (Å²) >= 11 is 0. The highest BCUT2D eigenvalue weighted by Crippen LogP contribution is 2.24. The number of carbonyl (C=O) groups excluding carboxylic acids is 2. The van der Waals surface area contributed by atoms with E-state index in [9.17, 15) is 9.59 Å². The SMILES string of the molecule is C=C1CN(C(=O)/C=C/C2CCCN2C)CC(C)N1/C(=C\CC)C(C)=O. The highest BCUT2D eigenvalue weighted by Gasteiger charge is 2.31. The fourth-order valence-electron chi connectivity index (χ4n) is 3.73. The smallest absolute Gasteiger partial charge is 0.246 e. The molecule has 0 aliphatic carbocycles. The number of hydrogen-bond acceptors (Lipinski definition) is 4. The molecule has 2 heterocycles. The van der Waals surface area contributed by atoms with Crippen LogP contribution in [0.5, 0.6) is 0 Å². The number of likely N-dealkylation sites (tertiary alicyclic amines) is 1. The molecule has 0 bridgehead atoms. The first-order chi connectivity index (χ1) is 11.8. The van der Waals surface area contributed by atoms with E-state index in [2.05, 4.69) is 18.5 Å². The van der Waals surface area contributed by atoms with E-state index < -0.39 is 0 Å². The van der Waals surface area contributed by atoms with Crippen LogP contribution in [0.25, 0.3) is 0 Å². The molecule has 0 saturated carbocycles. The summed E-state index contributed by atoms with van der Waals surface area (Å²) in [7, 11) is 2.10. The summed E-state index contributed by atoms with van der Waals surface area (Å²) in [6.45, 7) is 11.9. The predicted molar refractivity (Wildman–Crippen MR) is 101 cm³/mol. The number of piperazine rings is 1. The molecule has 2 rings (SSSR count). The summed E-state index contributed by atoms with van der Waals surface area (Å²) in [6, 6.07) is 0.400. The van der Waals surface area contributed by atoms with Crippen molar-refractivity contribution in [1.82, 2.24) is 14.7 Å². The topological polar surface area (TPSA) is 43.9 Å². The first-order valence-corrected chi connectivity index (χ1v) is 9.20. The van der Waals surface area contributed by atoms with Gasteiger partial charge in [-0.3, -0.25) is 14.5 Å². The standard InChI is InChI=1S/C20H31N3O2/c1-6-8-19(17(4)24)23-15(2)13-22(14-16(23)3)20(25)11-10-18-9-7-12-21(18)5/h8,10-11,16,18H,2,6-7,9,12-14H2,1,3-5H3/b11-10+,19-8-. The van der Waals surface area contributed by atoms with Gasteiger partial charge in [0, 0.05) is 37.3 Å². The minimum absolute atomic E-state index is 0.0248. The van der Waals surface area contributed by atoms with E-state index in [0.717, 1.165) is 25.1 Å². The molecular weight excluding hydrogens is 314 g/mol. The quantitative estimate of drug-likeness (QED) is 0.719. The summed E-state index contributed by atoms with van der Waals surface area (Å²) in [5.41, 5.74) is 1.49. The third-order valence-electron chi connectivity index (χ3n) is 5.01. The summed E-state index contributed by atoms with van der Waals surface area (Å²) < 4.78 is 0. The Morgan fingerprint density at radius 3 is 2.60 bits per heavy atom. The lowest BCUT2D eigenvalue weighted by Crippen LogP contribution is -2.51. The van der Waals surface area contributed by atoms with E-state index in [1.165, 1.54) is 6.42 Å². The molecule has 0 spiro atoms. The van der Waals surface area contributed by atoms with Crippen molar-refractivity contribution in [2.75, 3.05) is 26.7 Å². The van der Waals surface area contributed by atoms with E-state index in [4.69, 9.17) is 0 Å². The number of rotatable bonds is 5. The largest absolute Gasteiger partial charge is 0.337 e. The van der Waals surface area contributed by atoms with Gasteiger partial charge in [0.15, 0.2) is 5.78 Å². The summed E-state index contributed by atoms with van der Waals surface area (Å²) in [5, 5.41) is 0. The van der Waals surface area contributed by atoms with Gasteiger partial charge >= 0.3 is 0 Å². The Balaban J connectivity index is 2.04. The number of nitrogens with zero attached hydrogens (tertiary/aromatic N) is 3. The van der Waals surface area contributed by atoms with E-state index >= 15 is 0 Å². The highest BCUT2D eigenvalue weighted by molar-refractivity contribution is 5.93. The van der Waals surface area contributed by atoms with Gasteiger partial charge in [-0.2, -0.15) is 0 Å². The van der Waals surface area contributed by atoms with Crippen molar-refractivity contribution in [2.45, 2.75) is 52.1 Å². The molecule has 2 aliphatic rings. The lowest BCUT2D eigenvalue weighted by Gasteiger charge is -2.43. The van der Waals surface area contributed by atoms with Crippen LogP contribution >= 0.6 is 0 Å². The zero-order chi connectivity index (χ0) is 18.6. The molecule has 5 nitrogen and oxygen atoms in total. The van der Waals surface area contributed by atoms with Crippen molar-refractivity contribution in [3.05, 3.63) is 36.2 Å². The fourth-order valence-corrected chi connectivity index (χ4v) is 3.73. The fraction of sp³-hybridized carbons (Fsp3) is 0.600. The Morgan fingerprint density at radius 2 is 2.08 bits per heavy atom. The van der Waals surface area contributed by atoms with Crippen LogP contribution in [-0.2, 0) is 9.59 Å². The Morgan fingerprint density at radius 1 is 1.36 bits per heavy atom. The van der Waals surface area contributed by atoms with Gasteiger partial charge in [-0.25, -0.2) is 0 Å². The second-order valence-corrected chi connectivity index (χ2v) is 7.11. The average Bonchev–Trinajstić information content (AvgIpc) is 2.96. The summed E-state index contributed by atoms with van der Waals surface area (Å²) in [4.78, 5) is 30.6. The van der Waals surface area contributed by atoms with Crippen LogP contribution in [-0.4, -0.2) is 65.2 Å². The normalized spacial score (nSPS) is 25.9. The van der Waals surface area contributed by atoms with Crippen molar-refractivity contribution in [2.24, 2.45) is 0 Å². The van der Waals surface area contributed by atoms with E-state index in [0.29, 0.717) is 24.8 Å². The zero-order valence-corrected chi connectivity index (χ0v) is 16.0. The number of allylic oxidation sites excluding steroid dienone is 2. The molecule has 138 valence electrons. The minimum atomic E-state index is 0.0248. The van der Waals surface area contributed by atoms with Gasteiger partial charge in [0.25, 0.3) is 0 Å². The number of amides is 1. The molecule has 1 amide bonds. The molecule has 2 atom stereocenters. The van der Waals surface area contributed by atoms with Crippen LogP contribution in [0, 0.1) is 0 Å². The van der Waals surface area contributed by atoms with Gasteiger partial charge in [0.05, 0.1) is 12.2 Å². The summed E-state index contributed by atoms with van der Waals surface area (Å²) in [5.74, 6) is 0.0654. The van der Waals surface area contributed by atoms with Crippen molar-refractivity contribution >= 4 is 11.7 Å². The molecule has 2 fully saturated rings. The minimum Gasteiger partial charge on any atom is -0.337 e. The van der Waals surface area contributed by atoms with Crippen LogP contribution in [0.1, 0.15) is 40.0 Å². The van der Waals surface area contributed by atoms with Gasteiger partial charge in [-0.05, 0) is 39.8 Å². The van der Waals surface area contributed by atoms with E-state index in [-0.39, 0.29) is 17.7 Å². The molecule has 0 N–H and O–H groups in total. The molecule has 0 aromatic rings. The molecule has 0 aromatic carbocycles. The lowest BCUT2D eigenvalue weighted by atomic mass is 10.1. The first-order valence-electron chi connectivity index (χ1n) is 9.20. The van der Waals surface area contributed by atoms with Gasteiger partial charge in [0.2, 0.25) is 5.91 Å². The van der Waals surface area contributed by atoms with E-state index in [1.807, 2.05) is 35.8 Å². The van der Waals surface area contributed by atoms with Crippen molar-refractivity contribution in [3.63, 3.8) is 0 Å². The number of Topliss-reactive ketones (excluding diaryl/α,β-unsaturated/α-hetero) is 1. The Bertz CT molecular complexity index is 594. The molecule has 5 heteroatoms. The number of carbonyl (C=O) groups is 2. The van der Waals surface area contributed by atoms with Crippen LogP contribution in [0.2, 0.25) is 0 Å². The first kappa shape index (κ1) is 19.4. The Kier molecular flexibility index (Phi) is 6.59. The molecule has 0 aromatic heterocycles. The van der Waals surface area contributed by atoms with Gasteiger partial charge in [0.1, 0.15) is 0 Å². The van der Waals surface area contributed by atoms with Crippen molar-refractivity contribution < 1.29 is 9.59 Å². The Hall–Kier alpha value is -1.88. The lowest BCUT2D eigenvalue weighted by molar-refractivity contribution is -0.127. The molecule has 25 heavy (non-hydrogen) atoms. The monoisotopic (exact) mass is 345 g/mol. The van der Waals surface area contributed by atoms with E-state index in [1.54, 1.807) is 13.0 Å². The second kappa shape index (κ2) is 8.48. The van der Waals surface area contributed by atoms with Crippen LogP contribution < -0.4 is 0 Å². The van der Waals surface area contributed by atoms with Gasteiger partial charge in [-0.15, -0.1) is 0 Å². The maximum absolute atomic E-state index is 12.6. The third kappa shape index (κ3) is 4.60. The van der Waals surface area contributed by atoms with Crippen LogP contribution in [0.3, 0.4) is 0 Å². The number of likely N-dealkylation sites (N-methyl/N-ethyl adjacent to an activating group) is 1. The molecule has 0 radical (unpaired) electrons. The van der Waals surface area contributed by atoms with Gasteiger partial charge in [-0.1, -0.05) is 25.7 Å². The predicted octanol–water partition coefficient (Wildman–Crippen LogP) is 2.57. The molecule has 2 aliphatic heterocycles. The highest BCUT2D eigenvalue weighted by atomic mass is 16.2. The Labute approximate surface area is 151 Å². The average molecular weight is 345 g/mol.